The molecule has 0 saturated heterocycles. The van der Waals surface area contributed by atoms with Crippen LogP contribution in [0.15, 0.2) is 35.1 Å². The maximum absolute atomic E-state index is 5.70. The summed E-state index contributed by atoms with van der Waals surface area (Å²) in [6.07, 6.45) is 3.63. The third-order valence-electron chi connectivity index (χ3n) is 2.73. The summed E-state index contributed by atoms with van der Waals surface area (Å²) >= 11 is 3.54. The van der Waals surface area contributed by atoms with E-state index in [4.69, 9.17) is 4.74 Å². The monoisotopic (exact) mass is 335 g/mol. The fraction of sp³-hybridized carbons (Fsp3) is 0.333. The van der Waals surface area contributed by atoms with Gasteiger partial charge in [-0.1, -0.05) is 6.07 Å². The molecule has 0 aromatic carbocycles. The van der Waals surface area contributed by atoms with Gasteiger partial charge in [-0.25, -0.2) is 9.97 Å². The highest BCUT2D eigenvalue weighted by Crippen LogP contribution is 2.24. The van der Waals surface area contributed by atoms with Gasteiger partial charge in [-0.3, -0.25) is 0 Å². The molecule has 5 heteroatoms. The van der Waals surface area contributed by atoms with Crippen LogP contribution in [-0.4, -0.2) is 16.1 Å². The largest absolute Gasteiger partial charge is 0.475 e. The van der Waals surface area contributed by atoms with E-state index in [1.165, 1.54) is 0 Å². The third kappa shape index (κ3) is 3.70. The molecule has 1 N–H and O–H groups in total. The molecular formula is C15H18BrN3O. The second-order valence-electron chi connectivity index (χ2n) is 4.78. The number of rotatable bonds is 5. The van der Waals surface area contributed by atoms with Gasteiger partial charge in [0.15, 0.2) is 0 Å². The van der Waals surface area contributed by atoms with Crippen LogP contribution in [0.1, 0.15) is 25.0 Å². The van der Waals surface area contributed by atoms with Crippen molar-refractivity contribution in [1.82, 2.24) is 9.97 Å². The minimum Gasteiger partial charge on any atom is -0.475 e. The number of ether oxygens (including phenoxy) is 1. The van der Waals surface area contributed by atoms with Crippen molar-refractivity contribution < 1.29 is 4.74 Å². The third-order valence-corrected chi connectivity index (χ3v) is 3.73. The lowest BCUT2D eigenvalue weighted by Gasteiger charge is -2.14. The molecule has 0 aliphatic rings. The van der Waals surface area contributed by atoms with Crippen LogP contribution in [0.4, 0.5) is 5.82 Å². The van der Waals surface area contributed by atoms with Gasteiger partial charge in [-0.05, 0) is 54.4 Å². The molecular weight excluding hydrogens is 318 g/mol. The molecule has 4 nitrogen and oxygen atoms in total. The Balaban J connectivity index is 2.13. The molecule has 0 radical (unpaired) electrons. The van der Waals surface area contributed by atoms with Gasteiger partial charge >= 0.3 is 0 Å². The Labute approximate surface area is 127 Å². The van der Waals surface area contributed by atoms with Gasteiger partial charge in [-0.15, -0.1) is 0 Å². The molecule has 0 saturated carbocycles. The molecule has 0 unspecified atom stereocenters. The minimum atomic E-state index is 0.104. The van der Waals surface area contributed by atoms with Crippen LogP contribution in [0, 0.1) is 6.92 Å². The smallest absolute Gasteiger partial charge is 0.218 e. The Morgan fingerprint density at radius 2 is 2.05 bits per heavy atom. The number of hydrogen-bond donors (Lipinski definition) is 1. The number of pyridine rings is 2. The molecule has 106 valence electrons. The lowest BCUT2D eigenvalue weighted by molar-refractivity contribution is 0.230. The van der Waals surface area contributed by atoms with Gasteiger partial charge in [0, 0.05) is 24.5 Å². The lowest BCUT2D eigenvalue weighted by atomic mass is 10.2. The highest BCUT2D eigenvalue weighted by Gasteiger charge is 2.08. The Bertz CT molecular complexity index is 587. The van der Waals surface area contributed by atoms with Crippen molar-refractivity contribution in [1.29, 1.82) is 0 Å². The van der Waals surface area contributed by atoms with Crippen LogP contribution in [-0.2, 0) is 6.54 Å². The maximum atomic E-state index is 5.70. The van der Waals surface area contributed by atoms with Crippen molar-refractivity contribution in [3.05, 3.63) is 46.2 Å². The maximum Gasteiger partial charge on any atom is 0.218 e. The van der Waals surface area contributed by atoms with Crippen LogP contribution in [0.5, 0.6) is 5.88 Å². The minimum absolute atomic E-state index is 0.104. The molecule has 0 aliphatic heterocycles. The van der Waals surface area contributed by atoms with Gasteiger partial charge in [0.25, 0.3) is 0 Å². The summed E-state index contributed by atoms with van der Waals surface area (Å²) in [5.41, 5.74) is 2.16. The zero-order chi connectivity index (χ0) is 14.5. The first-order valence-electron chi connectivity index (χ1n) is 6.53. The molecule has 20 heavy (non-hydrogen) atoms. The van der Waals surface area contributed by atoms with Gasteiger partial charge in [0.1, 0.15) is 5.82 Å². The summed E-state index contributed by atoms with van der Waals surface area (Å²) in [6, 6.07) is 5.87. The average Bonchev–Trinajstić information content (AvgIpc) is 2.41. The second-order valence-corrected chi connectivity index (χ2v) is 5.57. The molecule has 0 atom stereocenters. The van der Waals surface area contributed by atoms with Crippen LogP contribution in [0.3, 0.4) is 0 Å². The molecule has 0 aliphatic carbocycles. The van der Waals surface area contributed by atoms with E-state index in [-0.39, 0.29) is 6.10 Å². The van der Waals surface area contributed by atoms with E-state index < -0.39 is 0 Å². The first-order valence-corrected chi connectivity index (χ1v) is 7.32. The Morgan fingerprint density at radius 3 is 2.80 bits per heavy atom. The zero-order valence-corrected chi connectivity index (χ0v) is 13.4. The average molecular weight is 336 g/mol. The topological polar surface area (TPSA) is 47.0 Å². The fourth-order valence-electron chi connectivity index (χ4n) is 1.73. The van der Waals surface area contributed by atoms with E-state index in [9.17, 15) is 0 Å². The van der Waals surface area contributed by atoms with E-state index in [0.29, 0.717) is 12.4 Å². The number of nitrogens with zero attached hydrogens (tertiary/aromatic N) is 2. The predicted molar refractivity (Wildman–Crippen MR) is 84.0 cm³/mol. The van der Waals surface area contributed by atoms with Crippen molar-refractivity contribution >= 4 is 21.7 Å². The number of aromatic nitrogens is 2. The van der Waals surface area contributed by atoms with Gasteiger partial charge in [0.05, 0.1) is 10.6 Å². The van der Waals surface area contributed by atoms with Crippen LogP contribution in [0.25, 0.3) is 0 Å². The summed E-state index contributed by atoms with van der Waals surface area (Å²) in [4.78, 5) is 8.60. The first kappa shape index (κ1) is 14.8. The fourth-order valence-corrected chi connectivity index (χ4v) is 2.11. The summed E-state index contributed by atoms with van der Waals surface area (Å²) in [7, 11) is 0. The molecule has 0 fully saturated rings. The van der Waals surface area contributed by atoms with E-state index in [1.54, 1.807) is 12.4 Å². The summed E-state index contributed by atoms with van der Waals surface area (Å²) in [5.74, 6) is 1.49. The van der Waals surface area contributed by atoms with Gasteiger partial charge in [-0.2, -0.15) is 0 Å². The number of hydrogen-bond acceptors (Lipinski definition) is 4. The SMILES string of the molecule is Cc1ccnc(NCc2cccnc2OC(C)C)c1Br. The number of anilines is 1. The quantitative estimate of drug-likeness (QED) is 0.898. The predicted octanol–water partition coefficient (Wildman–Crippen LogP) is 3.95. The number of aryl methyl sites for hydroxylation is 1. The summed E-state index contributed by atoms with van der Waals surface area (Å²) in [5, 5.41) is 3.31. The normalized spacial score (nSPS) is 10.7. The van der Waals surface area contributed by atoms with Gasteiger partial charge in [0.2, 0.25) is 5.88 Å². The lowest BCUT2D eigenvalue weighted by Crippen LogP contribution is -2.11. The van der Waals surface area contributed by atoms with Crippen molar-refractivity contribution in [2.45, 2.75) is 33.4 Å². The molecule has 0 amide bonds. The Hall–Kier alpha value is -1.62. The molecule has 2 heterocycles. The van der Waals surface area contributed by atoms with E-state index >= 15 is 0 Å². The van der Waals surface area contributed by atoms with E-state index in [2.05, 4.69) is 31.2 Å². The Kier molecular flexibility index (Phi) is 4.95. The standard InChI is InChI=1S/C15H18BrN3O/c1-10(2)20-15-12(5-4-7-18-15)9-19-14-13(16)11(3)6-8-17-14/h4-8,10H,9H2,1-3H3,(H,17,19). The van der Waals surface area contributed by atoms with Crippen LogP contribution in [0.2, 0.25) is 0 Å². The van der Waals surface area contributed by atoms with Crippen LogP contribution < -0.4 is 10.1 Å². The van der Waals surface area contributed by atoms with Crippen molar-refractivity contribution in [2.24, 2.45) is 0 Å². The molecule has 0 spiro atoms. The second kappa shape index (κ2) is 6.70. The molecule has 2 rings (SSSR count). The van der Waals surface area contributed by atoms with Crippen molar-refractivity contribution in [3.8, 4) is 5.88 Å². The van der Waals surface area contributed by atoms with Crippen molar-refractivity contribution in [3.63, 3.8) is 0 Å². The highest BCUT2D eigenvalue weighted by atomic mass is 79.9. The highest BCUT2D eigenvalue weighted by molar-refractivity contribution is 9.10. The summed E-state index contributed by atoms with van der Waals surface area (Å²) in [6.45, 7) is 6.63. The van der Waals surface area contributed by atoms with Crippen LogP contribution >= 0.6 is 15.9 Å². The summed E-state index contributed by atoms with van der Waals surface area (Å²) < 4.78 is 6.69. The van der Waals surface area contributed by atoms with Crippen molar-refractivity contribution in [2.75, 3.05) is 5.32 Å². The zero-order valence-electron chi connectivity index (χ0n) is 11.9. The molecule has 2 aromatic rings. The first-order chi connectivity index (χ1) is 9.58. The number of nitrogens with one attached hydrogen (secondary N) is 1. The van der Waals surface area contributed by atoms with Gasteiger partial charge < -0.3 is 10.1 Å². The Morgan fingerprint density at radius 1 is 1.25 bits per heavy atom. The number of halogens is 1. The van der Waals surface area contributed by atoms with E-state index in [1.807, 2.05) is 39.0 Å². The molecule has 2 aromatic heterocycles. The molecule has 0 bridgehead atoms. The van der Waals surface area contributed by atoms with E-state index in [0.717, 1.165) is 21.4 Å².